The van der Waals surface area contributed by atoms with E-state index in [2.05, 4.69) is 31.4 Å². The number of benzene rings is 1. The summed E-state index contributed by atoms with van der Waals surface area (Å²) in [5.41, 5.74) is 5.25. The zero-order valence-corrected chi connectivity index (χ0v) is 11.7. The smallest absolute Gasteiger partial charge is 0.0462 e. The quantitative estimate of drug-likeness (QED) is 0.595. The molecule has 1 atom stereocenters. The molecule has 3 heteroatoms. The summed E-state index contributed by atoms with van der Waals surface area (Å²) in [6, 6.07) is 6.34. The average molecular weight is 255 g/mol. The van der Waals surface area contributed by atoms with Crippen molar-refractivity contribution >= 4 is 11.6 Å². The second-order valence-electron chi connectivity index (χ2n) is 4.65. The fraction of sp³-hybridized carbons (Fsp3) is 0.571. The lowest BCUT2D eigenvalue weighted by Crippen LogP contribution is -2.29. The van der Waals surface area contributed by atoms with Crippen molar-refractivity contribution < 1.29 is 0 Å². The van der Waals surface area contributed by atoms with Gasteiger partial charge in [0, 0.05) is 11.1 Å². The molecule has 0 amide bonds. The minimum Gasteiger partial charge on any atom is -0.271 e. The number of hydrazine groups is 1. The Balaban J connectivity index is 2.82. The molecule has 0 aliphatic heterocycles. The van der Waals surface area contributed by atoms with Crippen LogP contribution in [-0.4, -0.2) is 0 Å². The molecule has 0 saturated carbocycles. The average Bonchev–Trinajstić information content (AvgIpc) is 2.35. The Labute approximate surface area is 110 Å². The topological polar surface area (TPSA) is 38.0 Å². The molecule has 0 aliphatic carbocycles. The molecular weight excluding hydrogens is 232 g/mol. The lowest BCUT2D eigenvalue weighted by molar-refractivity contribution is 0.375. The summed E-state index contributed by atoms with van der Waals surface area (Å²) in [6.07, 6.45) is 3.47. The summed E-state index contributed by atoms with van der Waals surface area (Å²) in [4.78, 5) is 0. The van der Waals surface area contributed by atoms with E-state index < -0.39 is 0 Å². The van der Waals surface area contributed by atoms with Crippen molar-refractivity contribution in [2.75, 3.05) is 0 Å². The zero-order valence-electron chi connectivity index (χ0n) is 11.0. The molecular formula is C14H23ClN2. The van der Waals surface area contributed by atoms with Gasteiger partial charge in [0.1, 0.15) is 0 Å². The van der Waals surface area contributed by atoms with E-state index in [1.807, 2.05) is 13.0 Å². The molecule has 0 saturated heterocycles. The van der Waals surface area contributed by atoms with Gasteiger partial charge in [-0.3, -0.25) is 11.3 Å². The first kappa shape index (κ1) is 14.5. The summed E-state index contributed by atoms with van der Waals surface area (Å²) in [5.74, 6) is 6.38. The highest BCUT2D eigenvalue weighted by atomic mass is 35.5. The molecule has 1 aromatic rings. The third kappa shape index (κ3) is 3.98. The molecule has 1 unspecified atom stereocenters. The molecule has 0 aromatic heterocycles. The van der Waals surface area contributed by atoms with Gasteiger partial charge in [0.2, 0.25) is 0 Å². The first-order valence-electron chi connectivity index (χ1n) is 6.34. The Bertz CT molecular complexity index is 348. The van der Waals surface area contributed by atoms with Crippen molar-refractivity contribution in [2.24, 2.45) is 11.8 Å². The van der Waals surface area contributed by atoms with Gasteiger partial charge in [-0.05, 0) is 36.5 Å². The highest BCUT2D eigenvalue weighted by molar-refractivity contribution is 6.31. The fourth-order valence-electron chi connectivity index (χ4n) is 2.14. The van der Waals surface area contributed by atoms with Gasteiger partial charge in [-0.1, -0.05) is 50.4 Å². The maximum absolute atomic E-state index is 6.04. The van der Waals surface area contributed by atoms with Gasteiger partial charge in [0.15, 0.2) is 0 Å². The van der Waals surface area contributed by atoms with E-state index in [1.165, 1.54) is 18.4 Å². The number of hydrogen-bond acceptors (Lipinski definition) is 2. The molecule has 0 spiro atoms. The highest BCUT2D eigenvalue weighted by Crippen LogP contribution is 2.27. The summed E-state index contributed by atoms with van der Waals surface area (Å²) >= 11 is 6.04. The summed E-state index contributed by atoms with van der Waals surface area (Å²) in [5, 5.41) is 0.812. The molecule has 0 bridgehead atoms. The molecule has 0 aliphatic rings. The van der Waals surface area contributed by atoms with Crippen LogP contribution in [0.15, 0.2) is 18.2 Å². The highest BCUT2D eigenvalue weighted by Gasteiger charge is 2.15. The van der Waals surface area contributed by atoms with E-state index >= 15 is 0 Å². The predicted molar refractivity (Wildman–Crippen MR) is 74.9 cm³/mol. The lowest BCUT2D eigenvalue weighted by atomic mass is 9.91. The molecule has 0 heterocycles. The molecule has 1 aromatic carbocycles. The zero-order chi connectivity index (χ0) is 12.8. The van der Waals surface area contributed by atoms with Crippen molar-refractivity contribution in [3.05, 3.63) is 34.3 Å². The molecule has 0 radical (unpaired) electrons. The van der Waals surface area contributed by atoms with Crippen LogP contribution in [0.5, 0.6) is 0 Å². The van der Waals surface area contributed by atoms with Crippen molar-refractivity contribution in [2.45, 2.75) is 46.1 Å². The normalized spacial score (nSPS) is 13.1. The second-order valence-corrected chi connectivity index (χ2v) is 5.05. The van der Waals surface area contributed by atoms with Crippen molar-refractivity contribution in [1.82, 2.24) is 5.43 Å². The van der Waals surface area contributed by atoms with E-state index in [0.717, 1.165) is 17.0 Å². The molecule has 0 fully saturated rings. The van der Waals surface area contributed by atoms with E-state index in [-0.39, 0.29) is 6.04 Å². The van der Waals surface area contributed by atoms with E-state index in [4.69, 9.17) is 17.4 Å². The minimum absolute atomic E-state index is 0.218. The van der Waals surface area contributed by atoms with Gasteiger partial charge in [-0.15, -0.1) is 0 Å². The Morgan fingerprint density at radius 1 is 1.29 bits per heavy atom. The standard InChI is InChI=1S/C14H23ClN2/c1-4-11(5-2)9-14(17-16)12-6-7-13(15)10(3)8-12/h6-8,11,14,17H,4-5,9,16H2,1-3H3. The van der Waals surface area contributed by atoms with Gasteiger partial charge in [0.25, 0.3) is 0 Å². The van der Waals surface area contributed by atoms with Crippen LogP contribution >= 0.6 is 11.6 Å². The SMILES string of the molecule is CCC(CC)CC(NN)c1ccc(Cl)c(C)c1. The molecule has 96 valence electrons. The third-order valence-electron chi connectivity index (χ3n) is 3.51. The molecule has 1 rings (SSSR count). The van der Waals surface area contributed by atoms with Crippen molar-refractivity contribution in [3.8, 4) is 0 Å². The maximum atomic E-state index is 6.04. The van der Waals surface area contributed by atoms with Crippen LogP contribution in [-0.2, 0) is 0 Å². The van der Waals surface area contributed by atoms with Crippen LogP contribution < -0.4 is 11.3 Å². The Morgan fingerprint density at radius 3 is 2.41 bits per heavy atom. The second kappa shape index (κ2) is 7.00. The van der Waals surface area contributed by atoms with Gasteiger partial charge in [-0.2, -0.15) is 0 Å². The van der Waals surface area contributed by atoms with Crippen LogP contribution in [0.1, 0.15) is 50.3 Å². The Kier molecular flexibility index (Phi) is 5.96. The van der Waals surface area contributed by atoms with Crippen molar-refractivity contribution in [3.63, 3.8) is 0 Å². The predicted octanol–water partition coefficient (Wildman–Crippen LogP) is 3.98. The molecule has 3 N–H and O–H groups in total. The summed E-state index contributed by atoms with van der Waals surface area (Å²) < 4.78 is 0. The number of aryl methyl sites for hydroxylation is 1. The van der Waals surface area contributed by atoms with Crippen LogP contribution in [0.2, 0.25) is 5.02 Å². The maximum Gasteiger partial charge on any atom is 0.0462 e. The van der Waals surface area contributed by atoms with Gasteiger partial charge in [-0.25, -0.2) is 0 Å². The van der Waals surface area contributed by atoms with Gasteiger partial charge in [0.05, 0.1) is 0 Å². The van der Waals surface area contributed by atoms with Crippen molar-refractivity contribution in [1.29, 1.82) is 0 Å². The number of nitrogens with two attached hydrogens (primary N) is 1. The van der Waals surface area contributed by atoms with E-state index in [9.17, 15) is 0 Å². The Hall–Kier alpha value is -0.570. The van der Waals surface area contributed by atoms with Crippen LogP contribution in [0, 0.1) is 12.8 Å². The van der Waals surface area contributed by atoms with E-state index in [0.29, 0.717) is 5.92 Å². The molecule has 2 nitrogen and oxygen atoms in total. The van der Waals surface area contributed by atoms with E-state index in [1.54, 1.807) is 0 Å². The number of nitrogens with one attached hydrogen (secondary N) is 1. The first-order chi connectivity index (χ1) is 8.12. The van der Waals surface area contributed by atoms with Gasteiger partial charge >= 0.3 is 0 Å². The summed E-state index contributed by atoms with van der Waals surface area (Å²) in [7, 11) is 0. The Morgan fingerprint density at radius 2 is 1.94 bits per heavy atom. The number of rotatable bonds is 6. The first-order valence-corrected chi connectivity index (χ1v) is 6.72. The van der Waals surface area contributed by atoms with Gasteiger partial charge < -0.3 is 0 Å². The monoisotopic (exact) mass is 254 g/mol. The fourth-order valence-corrected chi connectivity index (χ4v) is 2.26. The number of halogens is 1. The number of hydrogen-bond donors (Lipinski definition) is 2. The minimum atomic E-state index is 0.218. The van der Waals surface area contributed by atoms with Crippen LogP contribution in [0.3, 0.4) is 0 Å². The van der Waals surface area contributed by atoms with Crippen LogP contribution in [0.4, 0.5) is 0 Å². The largest absolute Gasteiger partial charge is 0.271 e. The summed E-state index contributed by atoms with van der Waals surface area (Å²) in [6.45, 7) is 6.49. The third-order valence-corrected chi connectivity index (χ3v) is 3.93. The molecule has 17 heavy (non-hydrogen) atoms. The lowest BCUT2D eigenvalue weighted by Gasteiger charge is -2.22. The van der Waals surface area contributed by atoms with Crippen LogP contribution in [0.25, 0.3) is 0 Å².